The van der Waals surface area contributed by atoms with Crippen LogP contribution in [0, 0.1) is 23.7 Å². The summed E-state index contributed by atoms with van der Waals surface area (Å²) in [4.78, 5) is 2.44. The fourth-order valence-electron chi connectivity index (χ4n) is 11.4. The van der Waals surface area contributed by atoms with E-state index in [9.17, 15) is 0 Å². The van der Waals surface area contributed by atoms with Gasteiger partial charge in [-0.3, -0.25) is 0 Å². The first-order valence-corrected chi connectivity index (χ1v) is 18.4. The van der Waals surface area contributed by atoms with Crippen molar-refractivity contribution in [2.45, 2.75) is 37.5 Å². The Balaban J connectivity index is 1.06. The number of nitrogens with zero attached hydrogens (tertiary/aromatic N) is 1. The monoisotopic (exact) mass is 629 g/mol. The van der Waals surface area contributed by atoms with E-state index in [1.54, 1.807) is 11.1 Å². The third-order valence-corrected chi connectivity index (χ3v) is 13.0. The molecule has 0 N–H and O–H groups in total. The molecule has 4 fully saturated rings. The normalized spacial score (nSPS) is 24.4. The van der Waals surface area contributed by atoms with Gasteiger partial charge in [-0.25, -0.2) is 0 Å². The van der Waals surface area contributed by atoms with Crippen LogP contribution in [0.2, 0.25) is 0 Å². The van der Waals surface area contributed by atoms with Crippen molar-refractivity contribution in [3.63, 3.8) is 0 Å². The molecule has 0 amide bonds. The summed E-state index contributed by atoms with van der Waals surface area (Å²) in [6.07, 6.45) is 7.15. The molecule has 0 aromatic heterocycles. The van der Waals surface area contributed by atoms with Crippen molar-refractivity contribution in [1.29, 1.82) is 0 Å². The molecule has 12 rings (SSSR count). The SMILES string of the molecule is c1ccc2c(c1)-c1c(-c3ccc(N(c4ccc5ccccc5c4)c4cccc5ccccc45)cc3)cccc1C21C2CC3CC(C2)CC1C3. The summed E-state index contributed by atoms with van der Waals surface area (Å²) in [6.45, 7) is 0. The van der Waals surface area contributed by atoms with Gasteiger partial charge in [-0.15, -0.1) is 0 Å². The smallest absolute Gasteiger partial charge is 0.0540 e. The van der Waals surface area contributed by atoms with Crippen molar-refractivity contribution in [3.05, 3.63) is 163 Å². The van der Waals surface area contributed by atoms with Crippen LogP contribution in [0.3, 0.4) is 0 Å². The van der Waals surface area contributed by atoms with Gasteiger partial charge in [0.25, 0.3) is 0 Å². The molecular weight excluding hydrogens is 591 g/mol. The zero-order valence-electron chi connectivity index (χ0n) is 27.7. The average molecular weight is 630 g/mol. The number of hydrogen-bond acceptors (Lipinski definition) is 1. The van der Waals surface area contributed by atoms with Crippen molar-refractivity contribution in [3.8, 4) is 22.3 Å². The molecule has 0 atom stereocenters. The third kappa shape index (κ3) is 3.93. The number of rotatable bonds is 4. The van der Waals surface area contributed by atoms with Crippen LogP contribution in [0.15, 0.2) is 152 Å². The number of hydrogen-bond donors (Lipinski definition) is 0. The Morgan fingerprint density at radius 3 is 1.88 bits per heavy atom. The molecule has 5 aliphatic carbocycles. The van der Waals surface area contributed by atoms with Crippen LogP contribution in [0.4, 0.5) is 17.1 Å². The zero-order valence-corrected chi connectivity index (χ0v) is 27.7. The summed E-state index contributed by atoms with van der Waals surface area (Å²) in [7, 11) is 0. The van der Waals surface area contributed by atoms with Crippen LogP contribution in [-0.2, 0) is 5.41 Å². The number of benzene rings is 7. The van der Waals surface area contributed by atoms with Crippen LogP contribution in [0.5, 0.6) is 0 Å². The second kappa shape index (κ2) is 10.4. The van der Waals surface area contributed by atoms with E-state index in [1.807, 2.05) is 0 Å². The van der Waals surface area contributed by atoms with Gasteiger partial charge >= 0.3 is 0 Å². The quantitative estimate of drug-likeness (QED) is 0.187. The standard InChI is InChI=1S/C48H39N/c1-2-11-36-30-40(24-19-33(36)9-1)49(46-18-7-12-34-10-3-4-13-41(34)46)39-22-20-35(21-23-39)42-15-8-17-45-47(42)43-14-5-6-16-44(43)48(45)37-26-31-25-32(28-37)29-38(48)27-31/h1-24,30-32,37-38H,25-29H2. The highest BCUT2D eigenvalue weighted by molar-refractivity contribution is 6.00. The maximum Gasteiger partial charge on any atom is 0.0540 e. The van der Waals surface area contributed by atoms with Gasteiger partial charge in [0, 0.05) is 22.2 Å². The molecule has 1 spiro atoms. The first-order valence-electron chi connectivity index (χ1n) is 18.4. The molecule has 5 aliphatic rings. The second-order valence-electron chi connectivity index (χ2n) is 15.4. The lowest BCUT2D eigenvalue weighted by molar-refractivity contribution is -0.0399. The largest absolute Gasteiger partial charge is 0.310 e. The lowest BCUT2D eigenvalue weighted by Gasteiger charge is -2.61. The Morgan fingerprint density at radius 1 is 0.449 bits per heavy atom. The van der Waals surface area contributed by atoms with Gasteiger partial charge in [0.15, 0.2) is 0 Å². The van der Waals surface area contributed by atoms with Crippen LogP contribution < -0.4 is 4.90 Å². The molecule has 7 aromatic rings. The van der Waals surface area contributed by atoms with E-state index in [1.165, 1.54) is 93.0 Å². The minimum absolute atomic E-state index is 0.191. The van der Waals surface area contributed by atoms with Gasteiger partial charge < -0.3 is 4.90 Å². The van der Waals surface area contributed by atoms with E-state index < -0.39 is 0 Å². The fraction of sp³-hybridized carbons (Fsp3) is 0.208. The third-order valence-electron chi connectivity index (χ3n) is 13.0. The van der Waals surface area contributed by atoms with Gasteiger partial charge in [0.2, 0.25) is 0 Å². The van der Waals surface area contributed by atoms with Crippen molar-refractivity contribution in [2.24, 2.45) is 23.7 Å². The molecule has 4 saturated carbocycles. The average Bonchev–Trinajstić information content (AvgIpc) is 3.45. The van der Waals surface area contributed by atoms with E-state index in [-0.39, 0.29) is 5.41 Å². The van der Waals surface area contributed by atoms with Crippen LogP contribution in [0.25, 0.3) is 43.8 Å². The molecule has 1 heteroatoms. The summed E-state index contributed by atoms with van der Waals surface area (Å²) >= 11 is 0. The van der Waals surface area contributed by atoms with E-state index in [0.29, 0.717) is 0 Å². The van der Waals surface area contributed by atoms with Gasteiger partial charge in [0.1, 0.15) is 0 Å². The first-order chi connectivity index (χ1) is 24.3. The maximum atomic E-state index is 2.51. The van der Waals surface area contributed by atoms with Crippen molar-refractivity contribution in [2.75, 3.05) is 4.90 Å². The molecule has 236 valence electrons. The van der Waals surface area contributed by atoms with E-state index in [4.69, 9.17) is 0 Å². The molecule has 49 heavy (non-hydrogen) atoms. The molecule has 4 bridgehead atoms. The summed E-state index contributed by atoms with van der Waals surface area (Å²) in [6, 6.07) is 57.1. The predicted octanol–water partition coefficient (Wildman–Crippen LogP) is 12.9. The highest BCUT2D eigenvalue weighted by Crippen LogP contribution is 2.70. The Bertz CT molecular complexity index is 2380. The van der Waals surface area contributed by atoms with Crippen molar-refractivity contribution < 1.29 is 0 Å². The molecule has 0 unspecified atom stereocenters. The minimum Gasteiger partial charge on any atom is -0.310 e. The van der Waals surface area contributed by atoms with Crippen LogP contribution in [-0.4, -0.2) is 0 Å². The Morgan fingerprint density at radius 2 is 1.06 bits per heavy atom. The second-order valence-corrected chi connectivity index (χ2v) is 15.4. The summed E-state index contributed by atoms with van der Waals surface area (Å²) in [5, 5.41) is 5.01. The molecule has 1 nitrogen and oxygen atoms in total. The highest BCUT2D eigenvalue weighted by Gasteiger charge is 2.61. The van der Waals surface area contributed by atoms with Crippen LogP contribution >= 0.6 is 0 Å². The highest BCUT2D eigenvalue weighted by atomic mass is 15.1. The van der Waals surface area contributed by atoms with Crippen LogP contribution in [0.1, 0.15) is 43.2 Å². The van der Waals surface area contributed by atoms with Crippen molar-refractivity contribution in [1.82, 2.24) is 0 Å². The van der Waals surface area contributed by atoms with Gasteiger partial charge in [0.05, 0.1) is 5.69 Å². The molecular formula is C48H39N. The molecule has 0 heterocycles. The van der Waals surface area contributed by atoms with Gasteiger partial charge in [-0.2, -0.15) is 0 Å². The molecule has 7 aromatic carbocycles. The molecule has 0 aliphatic heterocycles. The zero-order chi connectivity index (χ0) is 32.1. The summed E-state index contributed by atoms with van der Waals surface area (Å²) < 4.78 is 0. The van der Waals surface area contributed by atoms with Crippen molar-refractivity contribution >= 4 is 38.6 Å². The Hall–Kier alpha value is -5.14. The van der Waals surface area contributed by atoms with E-state index in [0.717, 1.165) is 23.7 Å². The molecule has 0 saturated heterocycles. The summed E-state index contributed by atoms with van der Waals surface area (Å²) in [5.74, 6) is 3.46. The minimum atomic E-state index is 0.191. The molecule has 0 radical (unpaired) electrons. The van der Waals surface area contributed by atoms with E-state index in [2.05, 4.69) is 157 Å². The van der Waals surface area contributed by atoms with Gasteiger partial charge in [-0.1, -0.05) is 121 Å². The van der Waals surface area contributed by atoms with Gasteiger partial charge in [-0.05, 0) is 136 Å². The Labute approximate surface area is 288 Å². The predicted molar refractivity (Wildman–Crippen MR) is 205 cm³/mol. The summed E-state index contributed by atoms with van der Waals surface area (Å²) in [5.41, 5.74) is 12.6. The first kappa shape index (κ1) is 27.8. The fourth-order valence-corrected chi connectivity index (χ4v) is 11.4. The topological polar surface area (TPSA) is 3.24 Å². The number of anilines is 3. The Kier molecular flexibility index (Phi) is 5.91. The lowest BCUT2D eigenvalue weighted by atomic mass is 9.43. The lowest BCUT2D eigenvalue weighted by Crippen LogP contribution is -2.55. The maximum absolute atomic E-state index is 2.51. The van der Waals surface area contributed by atoms with E-state index >= 15 is 0 Å². The number of fused-ring (bicyclic) bond motifs is 5.